The molecule has 122 valence electrons. The molecule has 0 radical (unpaired) electrons. The minimum atomic E-state index is -0.338. The molecule has 0 unspecified atom stereocenters. The third-order valence-corrected chi connectivity index (χ3v) is 4.32. The van der Waals surface area contributed by atoms with Crippen LogP contribution in [-0.4, -0.2) is 51.3 Å². The van der Waals surface area contributed by atoms with E-state index in [-0.39, 0.29) is 23.4 Å². The van der Waals surface area contributed by atoms with Gasteiger partial charge in [0, 0.05) is 13.1 Å². The Morgan fingerprint density at radius 1 is 1.48 bits per heavy atom. The number of pyridine rings is 1. The van der Waals surface area contributed by atoms with E-state index in [4.69, 9.17) is 11.6 Å². The van der Waals surface area contributed by atoms with Gasteiger partial charge in [0.1, 0.15) is 10.7 Å². The summed E-state index contributed by atoms with van der Waals surface area (Å²) in [5, 5.41) is 9.99. The number of likely N-dealkylation sites (N-methyl/N-ethyl adjacent to an activating group) is 1. The second-order valence-electron chi connectivity index (χ2n) is 5.93. The first-order valence-corrected chi connectivity index (χ1v) is 7.95. The third kappa shape index (κ3) is 3.02. The molecular weight excluding hydrogens is 316 g/mol. The molecule has 0 amide bonds. The minimum absolute atomic E-state index is 0.130. The Bertz CT molecular complexity index is 831. The van der Waals surface area contributed by atoms with E-state index in [2.05, 4.69) is 20.9 Å². The molecule has 6 nitrogen and oxygen atoms in total. The van der Waals surface area contributed by atoms with E-state index in [1.54, 1.807) is 13.0 Å². The van der Waals surface area contributed by atoms with Gasteiger partial charge in [-0.05, 0) is 32.0 Å². The highest BCUT2D eigenvalue weighted by molar-refractivity contribution is 6.30. The average Bonchev–Trinajstić information content (AvgIpc) is 2.54. The first kappa shape index (κ1) is 16.1. The Hall–Kier alpha value is -1.76. The molecule has 1 aliphatic rings. The van der Waals surface area contributed by atoms with Crippen molar-refractivity contribution in [3.05, 3.63) is 39.7 Å². The predicted octanol–water partition coefficient (Wildman–Crippen LogP) is 1.72. The van der Waals surface area contributed by atoms with E-state index >= 15 is 0 Å². The summed E-state index contributed by atoms with van der Waals surface area (Å²) in [4.78, 5) is 23.7. The van der Waals surface area contributed by atoms with Crippen molar-refractivity contribution in [2.75, 3.05) is 26.7 Å². The fourth-order valence-electron chi connectivity index (χ4n) is 2.80. The van der Waals surface area contributed by atoms with E-state index in [0.29, 0.717) is 16.6 Å². The highest BCUT2D eigenvalue weighted by Gasteiger charge is 2.19. The number of rotatable bonds is 3. The Kier molecular flexibility index (Phi) is 4.48. The summed E-state index contributed by atoms with van der Waals surface area (Å²) in [6.07, 6.45) is 4.53. The molecule has 0 saturated carbocycles. The molecule has 1 aliphatic heterocycles. The van der Waals surface area contributed by atoms with E-state index in [9.17, 15) is 9.90 Å². The van der Waals surface area contributed by atoms with Crippen LogP contribution in [-0.2, 0) is 0 Å². The average molecular weight is 335 g/mol. The topological polar surface area (TPSA) is 71.2 Å². The first-order valence-electron chi connectivity index (χ1n) is 7.57. The van der Waals surface area contributed by atoms with Gasteiger partial charge in [0.2, 0.25) is 0 Å². The summed E-state index contributed by atoms with van der Waals surface area (Å²) in [6, 6.07) is 1.21. The zero-order chi connectivity index (χ0) is 16.6. The summed E-state index contributed by atoms with van der Waals surface area (Å²) >= 11 is 6.14. The Morgan fingerprint density at radius 2 is 2.26 bits per heavy atom. The Morgan fingerprint density at radius 3 is 2.96 bits per heavy atom. The van der Waals surface area contributed by atoms with Gasteiger partial charge in [0.05, 0.1) is 30.1 Å². The van der Waals surface area contributed by atoms with Gasteiger partial charge >= 0.3 is 0 Å². The number of aliphatic hydroxyl groups excluding tert-OH is 1. The van der Waals surface area contributed by atoms with Gasteiger partial charge < -0.3 is 10.0 Å². The molecule has 23 heavy (non-hydrogen) atoms. The second-order valence-corrected chi connectivity index (χ2v) is 6.32. The van der Waals surface area contributed by atoms with Crippen LogP contribution in [0.1, 0.15) is 25.1 Å². The Labute approximate surface area is 139 Å². The van der Waals surface area contributed by atoms with E-state index in [1.165, 1.54) is 10.9 Å². The van der Waals surface area contributed by atoms with Crippen molar-refractivity contribution < 1.29 is 5.11 Å². The molecule has 0 saturated heterocycles. The lowest BCUT2D eigenvalue weighted by atomic mass is 10.0. The number of aromatic nitrogens is 3. The van der Waals surface area contributed by atoms with Gasteiger partial charge in [0.25, 0.3) is 5.56 Å². The number of fused-ring (bicyclic) bond motifs is 1. The normalized spacial score (nSPS) is 17.3. The SMILES string of the molecule is C[C@@H](CO)n1cnc2c(C3=CCCN(C)C3)nc(Cl)cc2c1=O. The largest absolute Gasteiger partial charge is 0.394 e. The monoisotopic (exact) mass is 334 g/mol. The predicted molar refractivity (Wildman–Crippen MR) is 90.7 cm³/mol. The van der Waals surface area contributed by atoms with Crippen molar-refractivity contribution in [2.24, 2.45) is 0 Å². The molecular formula is C16H19ClN4O2. The van der Waals surface area contributed by atoms with E-state index in [1.807, 2.05) is 7.05 Å². The van der Waals surface area contributed by atoms with Crippen LogP contribution < -0.4 is 5.56 Å². The molecule has 7 heteroatoms. The minimum Gasteiger partial charge on any atom is -0.394 e. The molecule has 0 fully saturated rings. The zero-order valence-electron chi connectivity index (χ0n) is 13.2. The van der Waals surface area contributed by atoms with Crippen molar-refractivity contribution >= 4 is 28.1 Å². The molecule has 1 atom stereocenters. The molecule has 0 spiro atoms. The lowest BCUT2D eigenvalue weighted by Gasteiger charge is -2.23. The number of halogens is 1. The summed E-state index contributed by atoms with van der Waals surface area (Å²) < 4.78 is 1.42. The van der Waals surface area contributed by atoms with E-state index in [0.717, 1.165) is 25.1 Å². The summed E-state index contributed by atoms with van der Waals surface area (Å²) in [6.45, 7) is 3.38. The van der Waals surface area contributed by atoms with Crippen LogP contribution in [0.5, 0.6) is 0 Å². The highest BCUT2D eigenvalue weighted by atomic mass is 35.5. The van der Waals surface area contributed by atoms with Gasteiger partial charge in [-0.25, -0.2) is 9.97 Å². The lowest BCUT2D eigenvalue weighted by molar-refractivity contribution is 0.236. The summed E-state index contributed by atoms with van der Waals surface area (Å²) in [5.41, 5.74) is 2.04. The van der Waals surface area contributed by atoms with Crippen molar-refractivity contribution in [1.82, 2.24) is 19.4 Å². The van der Waals surface area contributed by atoms with Crippen LogP contribution >= 0.6 is 11.6 Å². The molecule has 0 aromatic carbocycles. The van der Waals surface area contributed by atoms with Crippen LogP contribution in [0.3, 0.4) is 0 Å². The van der Waals surface area contributed by atoms with Gasteiger partial charge in [-0.1, -0.05) is 17.7 Å². The molecule has 1 N–H and O–H groups in total. The van der Waals surface area contributed by atoms with Crippen LogP contribution in [0.2, 0.25) is 5.15 Å². The maximum absolute atomic E-state index is 12.7. The molecule has 0 bridgehead atoms. The molecule has 3 rings (SSSR count). The molecule has 2 aromatic rings. The van der Waals surface area contributed by atoms with Crippen molar-refractivity contribution in [2.45, 2.75) is 19.4 Å². The number of nitrogens with zero attached hydrogens (tertiary/aromatic N) is 4. The van der Waals surface area contributed by atoms with E-state index < -0.39 is 0 Å². The quantitative estimate of drug-likeness (QED) is 0.865. The highest BCUT2D eigenvalue weighted by Crippen LogP contribution is 2.26. The van der Waals surface area contributed by atoms with Crippen molar-refractivity contribution in [3.8, 4) is 0 Å². The standard InChI is InChI=1S/C16H19ClN4O2/c1-10(8-22)21-9-18-15-12(16(21)23)6-13(17)19-14(15)11-4-3-5-20(2)7-11/h4,6,9-10,22H,3,5,7-8H2,1-2H3/t10-/m0/s1. The van der Waals surface area contributed by atoms with Gasteiger partial charge in [-0.2, -0.15) is 0 Å². The first-order chi connectivity index (χ1) is 11.0. The summed E-state index contributed by atoms with van der Waals surface area (Å²) in [7, 11) is 2.04. The smallest absolute Gasteiger partial charge is 0.261 e. The van der Waals surface area contributed by atoms with Crippen LogP contribution in [0.15, 0.2) is 23.3 Å². The Balaban J connectivity index is 2.23. The fraction of sp³-hybridized carbons (Fsp3) is 0.438. The molecule has 3 heterocycles. The zero-order valence-corrected chi connectivity index (χ0v) is 13.9. The molecule has 2 aromatic heterocycles. The number of aliphatic hydroxyl groups is 1. The number of hydrogen-bond acceptors (Lipinski definition) is 5. The summed E-state index contributed by atoms with van der Waals surface area (Å²) in [5.74, 6) is 0. The van der Waals surface area contributed by atoms with Crippen LogP contribution in [0, 0.1) is 0 Å². The van der Waals surface area contributed by atoms with Gasteiger partial charge in [-0.15, -0.1) is 0 Å². The lowest BCUT2D eigenvalue weighted by Crippen LogP contribution is -2.27. The third-order valence-electron chi connectivity index (χ3n) is 4.12. The second kappa shape index (κ2) is 6.39. The van der Waals surface area contributed by atoms with Gasteiger partial charge in [-0.3, -0.25) is 9.36 Å². The van der Waals surface area contributed by atoms with Gasteiger partial charge in [0.15, 0.2) is 0 Å². The van der Waals surface area contributed by atoms with Crippen molar-refractivity contribution in [1.29, 1.82) is 0 Å². The molecule has 0 aliphatic carbocycles. The fourth-order valence-corrected chi connectivity index (χ4v) is 3.00. The van der Waals surface area contributed by atoms with Crippen LogP contribution in [0.4, 0.5) is 0 Å². The maximum atomic E-state index is 12.7. The maximum Gasteiger partial charge on any atom is 0.261 e. The van der Waals surface area contributed by atoms with Crippen LogP contribution in [0.25, 0.3) is 16.5 Å². The van der Waals surface area contributed by atoms with Crippen molar-refractivity contribution in [3.63, 3.8) is 0 Å². The number of hydrogen-bond donors (Lipinski definition) is 1.